The summed E-state index contributed by atoms with van der Waals surface area (Å²) in [4.78, 5) is 27.8. The number of fused-ring (bicyclic) bond motifs is 3. The van der Waals surface area contributed by atoms with Crippen LogP contribution in [0.25, 0.3) is 21.8 Å². The first-order valence-electron chi connectivity index (χ1n) is 11.7. The van der Waals surface area contributed by atoms with Crippen LogP contribution in [-0.4, -0.2) is 40.5 Å². The highest BCUT2D eigenvalue weighted by Gasteiger charge is 2.36. The largest absolute Gasteiger partial charge is 0.484 e. The molecule has 6 nitrogen and oxygen atoms in total. The third-order valence-corrected chi connectivity index (χ3v) is 6.75. The van der Waals surface area contributed by atoms with E-state index in [4.69, 9.17) is 16.3 Å². The topological polar surface area (TPSA) is 63.6 Å². The smallest absolute Gasteiger partial charge is 0.261 e. The number of anilines is 1. The van der Waals surface area contributed by atoms with Crippen LogP contribution in [0.15, 0.2) is 83.9 Å². The molecule has 1 aliphatic heterocycles. The summed E-state index contributed by atoms with van der Waals surface area (Å²) in [6, 6.07) is 22.7. The number of ether oxygens (including phenoxy) is 1. The molecule has 5 rings (SSSR count). The number of hydrogen-bond acceptors (Lipinski definition) is 3. The molecule has 4 aromatic rings. The fourth-order valence-electron chi connectivity index (χ4n) is 4.77. The van der Waals surface area contributed by atoms with Crippen molar-refractivity contribution in [3.05, 3.63) is 83.9 Å². The Hall–Kier alpha value is -3.77. The van der Waals surface area contributed by atoms with Crippen LogP contribution in [0, 0.1) is 0 Å². The molecule has 3 aromatic carbocycles. The monoisotopic (exact) mass is 487 g/mol. The molecule has 7 heteroatoms. The van der Waals surface area contributed by atoms with Gasteiger partial charge in [0.2, 0.25) is 5.91 Å². The number of hydrogen-bond donors (Lipinski definition) is 1. The average Bonchev–Trinajstić information content (AvgIpc) is 3.47. The highest BCUT2D eigenvalue weighted by Crippen LogP contribution is 2.32. The Morgan fingerprint density at radius 3 is 2.54 bits per heavy atom. The lowest BCUT2D eigenvalue weighted by molar-refractivity contribution is -0.138. The van der Waals surface area contributed by atoms with Gasteiger partial charge in [-0.3, -0.25) is 9.59 Å². The molecule has 1 fully saturated rings. The fourth-order valence-corrected chi connectivity index (χ4v) is 4.93. The minimum atomic E-state index is -0.653. The van der Waals surface area contributed by atoms with Crippen molar-refractivity contribution in [1.82, 2.24) is 9.47 Å². The maximum absolute atomic E-state index is 13.3. The third kappa shape index (κ3) is 4.49. The van der Waals surface area contributed by atoms with Crippen LogP contribution in [-0.2, 0) is 16.1 Å². The van der Waals surface area contributed by atoms with Crippen molar-refractivity contribution >= 4 is 50.9 Å². The van der Waals surface area contributed by atoms with Crippen molar-refractivity contribution in [2.75, 3.05) is 18.5 Å². The van der Waals surface area contributed by atoms with Gasteiger partial charge in [-0.15, -0.1) is 0 Å². The molecular weight excluding hydrogens is 462 g/mol. The van der Waals surface area contributed by atoms with Crippen molar-refractivity contribution in [1.29, 1.82) is 0 Å². The molecule has 1 N–H and O–H groups in total. The van der Waals surface area contributed by atoms with E-state index in [1.807, 2.05) is 48.5 Å². The average molecular weight is 488 g/mol. The second-order valence-corrected chi connectivity index (χ2v) is 8.81. The molecule has 1 saturated heterocycles. The molecule has 0 aliphatic carbocycles. The first-order valence-corrected chi connectivity index (χ1v) is 12.1. The van der Waals surface area contributed by atoms with E-state index in [0.717, 1.165) is 33.9 Å². The minimum absolute atomic E-state index is 0.147. The van der Waals surface area contributed by atoms with Gasteiger partial charge in [-0.1, -0.05) is 48.0 Å². The molecule has 0 unspecified atom stereocenters. The van der Waals surface area contributed by atoms with Gasteiger partial charge in [-0.2, -0.15) is 0 Å². The van der Waals surface area contributed by atoms with E-state index in [9.17, 15) is 9.59 Å². The molecule has 1 aliphatic rings. The Labute approximate surface area is 208 Å². The van der Waals surface area contributed by atoms with Crippen LogP contribution in [0.3, 0.4) is 0 Å². The van der Waals surface area contributed by atoms with Gasteiger partial charge in [0.1, 0.15) is 11.8 Å². The lowest BCUT2D eigenvalue weighted by atomic mass is 10.1. The molecule has 2 heterocycles. The SMILES string of the molecule is CCn1c2ccccc2c2cc(NC(=O)[C@@H]3C/C(=C\Cl)CN3C(=O)COc3ccccc3)ccc21. The van der Waals surface area contributed by atoms with Gasteiger partial charge in [-0.05, 0) is 48.9 Å². The highest BCUT2D eigenvalue weighted by molar-refractivity contribution is 6.25. The molecule has 1 atom stereocenters. The third-order valence-electron chi connectivity index (χ3n) is 6.44. The molecule has 2 amide bonds. The zero-order chi connectivity index (χ0) is 24.4. The van der Waals surface area contributed by atoms with Crippen LogP contribution >= 0.6 is 11.6 Å². The van der Waals surface area contributed by atoms with E-state index < -0.39 is 6.04 Å². The Kier molecular flexibility index (Phi) is 6.47. The van der Waals surface area contributed by atoms with E-state index in [-0.39, 0.29) is 18.4 Å². The molecule has 0 spiro atoms. The van der Waals surface area contributed by atoms with Crippen LogP contribution in [0.4, 0.5) is 5.69 Å². The number of aromatic nitrogens is 1. The second kappa shape index (κ2) is 9.84. The number of rotatable bonds is 6. The summed E-state index contributed by atoms with van der Waals surface area (Å²) in [6.45, 7) is 3.14. The Morgan fingerprint density at radius 1 is 1.03 bits per heavy atom. The van der Waals surface area contributed by atoms with Crippen molar-refractivity contribution in [3.63, 3.8) is 0 Å². The molecule has 178 valence electrons. The van der Waals surface area contributed by atoms with Gasteiger partial charge in [0.15, 0.2) is 6.61 Å². The fraction of sp³-hybridized carbons (Fsp3) is 0.214. The van der Waals surface area contributed by atoms with E-state index in [0.29, 0.717) is 24.4 Å². The molecule has 0 saturated carbocycles. The maximum atomic E-state index is 13.3. The number of halogens is 1. The summed E-state index contributed by atoms with van der Waals surface area (Å²) < 4.78 is 7.88. The molecule has 35 heavy (non-hydrogen) atoms. The molecule has 1 aromatic heterocycles. The normalized spacial score (nSPS) is 16.8. The Bertz CT molecular complexity index is 1430. The number of carbonyl (C=O) groups excluding carboxylic acids is 2. The quantitative estimate of drug-likeness (QED) is 0.387. The number of amides is 2. The van der Waals surface area contributed by atoms with E-state index in [2.05, 4.69) is 28.9 Å². The Balaban J connectivity index is 1.36. The van der Waals surface area contributed by atoms with Gasteiger partial charge in [0.05, 0.1) is 0 Å². The number of benzene rings is 3. The predicted octanol–water partition coefficient (Wildman–Crippen LogP) is 5.56. The lowest BCUT2D eigenvalue weighted by Crippen LogP contribution is -2.45. The predicted molar refractivity (Wildman–Crippen MR) is 140 cm³/mol. The highest BCUT2D eigenvalue weighted by atomic mass is 35.5. The summed E-state index contributed by atoms with van der Waals surface area (Å²) >= 11 is 5.95. The van der Waals surface area contributed by atoms with Crippen molar-refractivity contribution in [2.24, 2.45) is 0 Å². The maximum Gasteiger partial charge on any atom is 0.261 e. The summed E-state index contributed by atoms with van der Waals surface area (Å²) in [7, 11) is 0. The number of nitrogens with one attached hydrogen (secondary N) is 1. The summed E-state index contributed by atoms with van der Waals surface area (Å²) in [5.74, 6) is 0.0999. The molecule has 0 radical (unpaired) electrons. The summed E-state index contributed by atoms with van der Waals surface area (Å²) in [6.07, 6.45) is 0.393. The van der Waals surface area contributed by atoms with Gasteiger partial charge in [0, 0.05) is 52.5 Å². The van der Waals surface area contributed by atoms with Gasteiger partial charge < -0.3 is 19.5 Å². The lowest BCUT2D eigenvalue weighted by Gasteiger charge is -2.23. The van der Waals surface area contributed by atoms with Crippen molar-refractivity contribution < 1.29 is 14.3 Å². The Morgan fingerprint density at radius 2 is 1.77 bits per heavy atom. The minimum Gasteiger partial charge on any atom is -0.484 e. The van der Waals surface area contributed by atoms with E-state index >= 15 is 0 Å². The van der Waals surface area contributed by atoms with Crippen molar-refractivity contribution in [2.45, 2.75) is 25.9 Å². The number of para-hydroxylation sites is 2. The first kappa shape index (κ1) is 23.0. The van der Waals surface area contributed by atoms with Gasteiger partial charge in [0.25, 0.3) is 5.91 Å². The van der Waals surface area contributed by atoms with Crippen LogP contribution in [0.5, 0.6) is 5.75 Å². The number of carbonyl (C=O) groups is 2. The zero-order valence-corrected chi connectivity index (χ0v) is 20.2. The second-order valence-electron chi connectivity index (χ2n) is 8.59. The standard InChI is InChI=1S/C28H26ClN3O3/c1-2-31-24-11-7-6-10-22(24)23-15-20(12-13-25(23)31)30-28(34)26-14-19(16-29)17-32(26)27(33)18-35-21-8-4-3-5-9-21/h3-13,15-16,26H,2,14,17-18H2,1H3,(H,30,34)/b19-16+/t26-/m0/s1. The van der Waals surface area contributed by atoms with Crippen LogP contribution in [0.1, 0.15) is 13.3 Å². The number of nitrogens with zero attached hydrogens (tertiary/aromatic N) is 2. The van der Waals surface area contributed by atoms with Crippen molar-refractivity contribution in [3.8, 4) is 5.75 Å². The zero-order valence-electron chi connectivity index (χ0n) is 19.4. The summed E-state index contributed by atoms with van der Waals surface area (Å²) in [5.41, 5.74) is 5.27. The van der Waals surface area contributed by atoms with Crippen LogP contribution in [0.2, 0.25) is 0 Å². The first-order chi connectivity index (χ1) is 17.1. The summed E-state index contributed by atoms with van der Waals surface area (Å²) in [5, 5.41) is 5.24. The molecule has 0 bridgehead atoms. The molecular formula is C28H26ClN3O3. The van der Waals surface area contributed by atoms with E-state index in [1.54, 1.807) is 12.1 Å². The van der Waals surface area contributed by atoms with Gasteiger partial charge >= 0.3 is 0 Å². The van der Waals surface area contributed by atoms with E-state index in [1.165, 1.54) is 10.4 Å². The van der Waals surface area contributed by atoms with Gasteiger partial charge in [-0.25, -0.2) is 0 Å². The number of aryl methyl sites for hydroxylation is 1. The van der Waals surface area contributed by atoms with Crippen LogP contribution < -0.4 is 10.1 Å². The number of likely N-dealkylation sites (tertiary alicyclic amines) is 1.